The second kappa shape index (κ2) is 7.84. The van der Waals surface area contributed by atoms with Gasteiger partial charge in [-0.25, -0.2) is 9.36 Å². The average molecular weight is 410 g/mol. The van der Waals surface area contributed by atoms with Crippen LogP contribution in [0.4, 0.5) is 0 Å². The van der Waals surface area contributed by atoms with Crippen LogP contribution < -0.4 is 11.2 Å². The molecule has 0 spiro atoms. The molecule has 0 aromatic carbocycles. The summed E-state index contributed by atoms with van der Waals surface area (Å²) in [4.78, 5) is 42.2. The molecule has 1 saturated heterocycles. The Labute approximate surface area is 154 Å². The van der Waals surface area contributed by atoms with Crippen molar-refractivity contribution in [1.29, 1.82) is 0 Å². The van der Waals surface area contributed by atoms with Crippen LogP contribution in [0, 0.1) is 0 Å². The Morgan fingerprint density at radius 3 is 2.73 bits per heavy atom. The number of nitrogens with one attached hydrogen (secondary N) is 1. The molecule has 0 aliphatic carbocycles. The van der Waals surface area contributed by atoms with Crippen molar-refractivity contribution in [3.8, 4) is 0 Å². The molecule has 1 radical (unpaired) electrons. The van der Waals surface area contributed by atoms with Crippen molar-refractivity contribution in [2.45, 2.75) is 24.9 Å². The van der Waals surface area contributed by atoms with Crippen molar-refractivity contribution in [3.05, 3.63) is 31.5 Å². The van der Waals surface area contributed by atoms with Gasteiger partial charge >= 0.3 is 13.5 Å². The molecule has 0 saturated carbocycles. The first-order valence-electron chi connectivity index (χ1n) is 5.72. The van der Waals surface area contributed by atoms with Gasteiger partial charge in [0.1, 0.15) is 12.3 Å². The Hall–Kier alpha value is 0.190. The third kappa shape index (κ3) is 5.10. The zero-order valence-electron chi connectivity index (χ0n) is 11.4. The van der Waals surface area contributed by atoms with Gasteiger partial charge < -0.3 is 19.6 Å². The summed E-state index contributed by atoms with van der Waals surface area (Å²) in [6.07, 6.45) is -1.73. The van der Waals surface area contributed by atoms with Gasteiger partial charge in [0.15, 0.2) is 0 Å². The van der Waals surface area contributed by atoms with Crippen LogP contribution in [0.2, 0.25) is 0 Å². The predicted molar refractivity (Wildman–Crippen MR) is 77.3 cm³/mol. The van der Waals surface area contributed by atoms with Crippen LogP contribution in [0.5, 0.6) is 0 Å². The van der Waals surface area contributed by atoms with E-state index in [1.807, 2.05) is 0 Å². The minimum absolute atomic E-state index is 0. The standard InChI is InChI=1S/C9H12BrN2O8P.Na/c10-4-2-12(9(15)11-8(4)14)7-1-5(13)6(20-7)3-19-21(16,17)18;/h2,5-7,13H,1,3H2,(H,11,14,15)(H2,16,17,18);/t5-,6+,7+;/m0./s1. The van der Waals surface area contributed by atoms with E-state index >= 15 is 0 Å². The molecule has 1 aliphatic rings. The number of rotatable bonds is 4. The van der Waals surface area contributed by atoms with Gasteiger partial charge in [-0.1, -0.05) is 0 Å². The second-order valence-electron chi connectivity index (χ2n) is 4.36. The van der Waals surface area contributed by atoms with Gasteiger partial charge in [0.25, 0.3) is 5.56 Å². The van der Waals surface area contributed by atoms with E-state index in [0.717, 1.165) is 4.57 Å². The number of phosphoric ester groups is 1. The summed E-state index contributed by atoms with van der Waals surface area (Å²) >= 11 is 2.97. The van der Waals surface area contributed by atoms with Crippen molar-refractivity contribution in [3.63, 3.8) is 0 Å². The number of halogens is 1. The fourth-order valence-electron chi connectivity index (χ4n) is 1.88. The van der Waals surface area contributed by atoms with E-state index in [9.17, 15) is 19.3 Å². The van der Waals surface area contributed by atoms with Crippen molar-refractivity contribution >= 4 is 53.3 Å². The van der Waals surface area contributed by atoms with Crippen LogP contribution in [0.3, 0.4) is 0 Å². The first-order chi connectivity index (χ1) is 9.67. The first-order valence-corrected chi connectivity index (χ1v) is 8.04. The van der Waals surface area contributed by atoms with Crippen LogP contribution in [0.15, 0.2) is 20.3 Å². The number of aromatic amines is 1. The third-order valence-corrected chi connectivity index (χ3v) is 3.90. The van der Waals surface area contributed by atoms with Gasteiger partial charge in [-0.3, -0.25) is 18.9 Å². The molecule has 1 fully saturated rings. The summed E-state index contributed by atoms with van der Waals surface area (Å²) in [6, 6.07) is 0. The molecule has 0 bridgehead atoms. The molecule has 10 nitrogen and oxygen atoms in total. The Morgan fingerprint density at radius 2 is 2.14 bits per heavy atom. The second-order valence-corrected chi connectivity index (χ2v) is 6.46. The van der Waals surface area contributed by atoms with Crippen LogP contribution in [-0.4, -0.2) is 72.8 Å². The van der Waals surface area contributed by atoms with Gasteiger partial charge in [-0.15, -0.1) is 0 Å². The summed E-state index contributed by atoms with van der Waals surface area (Å²) in [5.41, 5.74) is -1.33. The fraction of sp³-hybridized carbons (Fsp3) is 0.556. The quantitative estimate of drug-likeness (QED) is 0.353. The zero-order chi connectivity index (χ0) is 15.8. The molecular weight excluding hydrogens is 398 g/mol. The average Bonchev–Trinajstić information content (AvgIpc) is 2.72. The predicted octanol–water partition coefficient (Wildman–Crippen LogP) is -1.32. The Balaban J connectivity index is 0.00000242. The van der Waals surface area contributed by atoms with Crippen molar-refractivity contribution in [2.24, 2.45) is 0 Å². The molecular formula is C9H12BrN2NaO8P. The van der Waals surface area contributed by atoms with E-state index in [1.165, 1.54) is 6.20 Å². The number of aliphatic hydroxyl groups excluding tert-OH is 1. The van der Waals surface area contributed by atoms with E-state index in [1.54, 1.807) is 0 Å². The summed E-state index contributed by atoms with van der Waals surface area (Å²) in [7, 11) is -4.67. The summed E-state index contributed by atoms with van der Waals surface area (Å²) < 4.78 is 21.4. The van der Waals surface area contributed by atoms with Crippen molar-refractivity contribution in [1.82, 2.24) is 9.55 Å². The molecule has 3 atom stereocenters. The molecule has 2 rings (SSSR count). The number of aromatic nitrogens is 2. The minimum Gasteiger partial charge on any atom is -0.390 e. The van der Waals surface area contributed by atoms with Crippen molar-refractivity contribution in [2.75, 3.05) is 6.61 Å². The maximum absolute atomic E-state index is 11.7. The van der Waals surface area contributed by atoms with E-state index < -0.39 is 44.1 Å². The molecule has 1 aromatic rings. The smallest absolute Gasteiger partial charge is 0.390 e. The number of aliphatic hydroxyl groups is 1. The van der Waals surface area contributed by atoms with E-state index in [0.29, 0.717) is 0 Å². The molecule has 119 valence electrons. The topological polar surface area (TPSA) is 151 Å². The van der Waals surface area contributed by atoms with Crippen LogP contribution >= 0.6 is 23.8 Å². The molecule has 1 aliphatic heterocycles. The van der Waals surface area contributed by atoms with E-state index in [2.05, 4.69) is 25.4 Å². The zero-order valence-corrected chi connectivity index (χ0v) is 15.9. The van der Waals surface area contributed by atoms with Crippen molar-refractivity contribution < 1.29 is 28.7 Å². The number of H-pyrrole nitrogens is 1. The van der Waals surface area contributed by atoms with Gasteiger partial charge in [0.2, 0.25) is 0 Å². The maximum atomic E-state index is 11.7. The molecule has 4 N–H and O–H groups in total. The summed E-state index contributed by atoms with van der Waals surface area (Å²) in [6.45, 7) is -0.527. The molecule has 13 heteroatoms. The SMILES string of the molecule is O=c1[nH]c(=O)n([C@H]2C[C@H](O)[C@@H](COP(=O)(O)O)O2)cc1Br.[Na]. The molecule has 1 aromatic heterocycles. The van der Waals surface area contributed by atoms with Gasteiger partial charge in [0.05, 0.1) is 17.2 Å². The monoisotopic (exact) mass is 409 g/mol. The number of nitrogens with zero attached hydrogens (tertiary/aromatic N) is 1. The van der Waals surface area contributed by atoms with Crippen LogP contribution in [0.25, 0.3) is 0 Å². The van der Waals surface area contributed by atoms with Gasteiger partial charge in [-0.05, 0) is 15.9 Å². The number of hydrogen-bond acceptors (Lipinski definition) is 6. The fourth-order valence-corrected chi connectivity index (χ4v) is 2.54. The first kappa shape index (κ1) is 20.2. The van der Waals surface area contributed by atoms with E-state index in [-0.39, 0.29) is 40.5 Å². The molecule has 0 amide bonds. The minimum atomic E-state index is -4.67. The van der Waals surface area contributed by atoms with Crippen LogP contribution in [-0.2, 0) is 13.8 Å². The Kier molecular flexibility index (Phi) is 7.21. The number of ether oxygens (including phenoxy) is 1. The maximum Gasteiger partial charge on any atom is 0.469 e. The Morgan fingerprint density at radius 1 is 1.50 bits per heavy atom. The molecule has 0 unspecified atom stereocenters. The number of hydrogen-bond donors (Lipinski definition) is 4. The van der Waals surface area contributed by atoms with Crippen LogP contribution in [0.1, 0.15) is 12.6 Å². The number of phosphoric acid groups is 1. The third-order valence-electron chi connectivity index (χ3n) is 2.85. The molecule has 22 heavy (non-hydrogen) atoms. The summed E-state index contributed by atoms with van der Waals surface area (Å²) in [5, 5.41) is 9.78. The normalized spacial score (nSPS) is 25.0. The van der Waals surface area contributed by atoms with Gasteiger partial charge in [0, 0.05) is 42.2 Å². The molecule has 2 heterocycles. The van der Waals surface area contributed by atoms with E-state index in [4.69, 9.17) is 14.5 Å². The summed E-state index contributed by atoms with van der Waals surface area (Å²) in [5.74, 6) is 0. The Bertz CT molecular complexity index is 687. The largest absolute Gasteiger partial charge is 0.469 e. The van der Waals surface area contributed by atoms with Gasteiger partial charge in [-0.2, -0.15) is 0 Å².